The molecule has 0 aliphatic rings. The third-order valence-corrected chi connectivity index (χ3v) is 2.29. The van der Waals surface area contributed by atoms with Gasteiger partial charge in [0.25, 0.3) is 0 Å². The first kappa shape index (κ1) is 11.5. The Bertz CT molecular complexity index is 386. The lowest BCUT2D eigenvalue weighted by Gasteiger charge is -2.02. The number of nitrogens with one attached hydrogen (secondary N) is 1. The second kappa shape index (κ2) is 6.00. The minimum absolute atomic E-state index is 0.746. The van der Waals surface area contributed by atoms with E-state index in [2.05, 4.69) is 17.5 Å². The normalized spacial score (nSPS) is 10.5. The first-order valence-corrected chi connectivity index (χ1v) is 5.10. The minimum Gasteiger partial charge on any atom is -0.319 e. The Morgan fingerprint density at radius 3 is 2.93 bits per heavy atom. The molecule has 1 aromatic rings. The highest BCUT2D eigenvalue weighted by atomic mass is 14.8. The Morgan fingerprint density at radius 2 is 2.27 bits per heavy atom. The molecule has 1 rings (SSSR count). The molecule has 0 heterocycles. The Hall–Kier alpha value is -1.59. The van der Waals surface area contributed by atoms with Crippen LogP contribution in [0.4, 0.5) is 0 Å². The van der Waals surface area contributed by atoms with Crippen molar-refractivity contribution in [3.63, 3.8) is 0 Å². The summed E-state index contributed by atoms with van der Waals surface area (Å²) in [5.74, 6) is 0. The maximum absolute atomic E-state index is 8.95. The lowest BCUT2D eigenvalue weighted by atomic mass is 10.0. The molecule has 0 aliphatic carbocycles. The van der Waals surface area contributed by atoms with Crippen LogP contribution in [0, 0.1) is 18.3 Å². The van der Waals surface area contributed by atoms with E-state index in [4.69, 9.17) is 5.26 Å². The van der Waals surface area contributed by atoms with Gasteiger partial charge in [0.2, 0.25) is 0 Å². The molecule has 1 N–H and O–H groups in total. The van der Waals surface area contributed by atoms with Crippen molar-refractivity contribution >= 4 is 6.08 Å². The Balaban J connectivity index is 2.84. The Labute approximate surface area is 91.2 Å². The first-order chi connectivity index (χ1) is 7.29. The van der Waals surface area contributed by atoms with Gasteiger partial charge in [0.1, 0.15) is 0 Å². The summed E-state index contributed by atoms with van der Waals surface area (Å²) in [6.45, 7) is 2.99. The standard InChI is InChI=1S/C13H16N2/c1-11-6-5-7-12(10-14)13(11)8-3-4-9-15-2/h3,5-8,15H,4,9H2,1-2H3. The second-order valence-corrected chi connectivity index (χ2v) is 3.44. The molecule has 2 heteroatoms. The smallest absolute Gasteiger partial charge is 0.0998 e. The predicted molar refractivity (Wildman–Crippen MR) is 63.5 cm³/mol. The van der Waals surface area contributed by atoms with Crippen LogP contribution in [0.2, 0.25) is 0 Å². The summed E-state index contributed by atoms with van der Waals surface area (Å²) in [5, 5.41) is 12.0. The van der Waals surface area contributed by atoms with Gasteiger partial charge in [0.05, 0.1) is 11.6 Å². The third kappa shape index (κ3) is 3.23. The van der Waals surface area contributed by atoms with Crippen molar-refractivity contribution in [3.8, 4) is 6.07 Å². The van der Waals surface area contributed by atoms with Crippen LogP contribution in [0.15, 0.2) is 24.3 Å². The molecule has 0 amide bonds. The van der Waals surface area contributed by atoms with Crippen molar-refractivity contribution in [1.82, 2.24) is 5.32 Å². The lowest BCUT2D eigenvalue weighted by Crippen LogP contribution is -2.05. The van der Waals surface area contributed by atoms with E-state index in [0.717, 1.165) is 29.7 Å². The zero-order valence-corrected chi connectivity index (χ0v) is 9.25. The van der Waals surface area contributed by atoms with E-state index in [9.17, 15) is 0 Å². The number of aryl methyl sites for hydroxylation is 1. The van der Waals surface area contributed by atoms with E-state index < -0.39 is 0 Å². The summed E-state index contributed by atoms with van der Waals surface area (Å²) < 4.78 is 0. The zero-order chi connectivity index (χ0) is 11.1. The van der Waals surface area contributed by atoms with Crippen LogP contribution in [0.25, 0.3) is 6.08 Å². The summed E-state index contributed by atoms with van der Waals surface area (Å²) >= 11 is 0. The van der Waals surface area contributed by atoms with Crippen molar-refractivity contribution in [3.05, 3.63) is 41.0 Å². The topological polar surface area (TPSA) is 35.8 Å². The van der Waals surface area contributed by atoms with Gasteiger partial charge in [-0.25, -0.2) is 0 Å². The van der Waals surface area contributed by atoms with Gasteiger partial charge < -0.3 is 5.32 Å². The van der Waals surface area contributed by atoms with Crippen LogP contribution in [0.1, 0.15) is 23.1 Å². The highest BCUT2D eigenvalue weighted by Crippen LogP contribution is 2.15. The lowest BCUT2D eigenvalue weighted by molar-refractivity contribution is 0.809. The highest BCUT2D eigenvalue weighted by molar-refractivity contribution is 5.61. The fraction of sp³-hybridized carbons (Fsp3) is 0.308. The van der Waals surface area contributed by atoms with Crippen molar-refractivity contribution in [1.29, 1.82) is 5.26 Å². The van der Waals surface area contributed by atoms with E-state index in [1.807, 2.05) is 38.2 Å². The number of hydrogen-bond acceptors (Lipinski definition) is 2. The molecule has 0 spiro atoms. The fourth-order valence-corrected chi connectivity index (χ4v) is 1.43. The molecular weight excluding hydrogens is 184 g/mol. The summed E-state index contributed by atoms with van der Waals surface area (Å²) in [5.41, 5.74) is 2.93. The molecule has 0 radical (unpaired) electrons. The van der Waals surface area contributed by atoms with Crippen LogP contribution in [0.3, 0.4) is 0 Å². The molecule has 0 saturated heterocycles. The molecule has 1 aromatic carbocycles. The summed E-state index contributed by atoms with van der Waals surface area (Å²) in [7, 11) is 1.93. The van der Waals surface area contributed by atoms with Gasteiger partial charge in [0, 0.05) is 0 Å². The van der Waals surface area contributed by atoms with E-state index in [1.54, 1.807) is 0 Å². The van der Waals surface area contributed by atoms with E-state index >= 15 is 0 Å². The van der Waals surface area contributed by atoms with E-state index in [0.29, 0.717) is 0 Å². The van der Waals surface area contributed by atoms with Crippen LogP contribution in [-0.4, -0.2) is 13.6 Å². The zero-order valence-electron chi connectivity index (χ0n) is 9.25. The molecule has 15 heavy (non-hydrogen) atoms. The van der Waals surface area contributed by atoms with Gasteiger partial charge in [-0.3, -0.25) is 0 Å². The van der Waals surface area contributed by atoms with Gasteiger partial charge in [-0.05, 0) is 44.1 Å². The van der Waals surface area contributed by atoms with Gasteiger partial charge >= 0.3 is 0 Å². The van der Waals surface area contributed by atoms with Gasteiger partial charge in [0.15, 0.2) is 0 Å². The van der Waals surface area contributed by atoms with Crippen LogP contribution < -0.4 is 5.32 Å². The van der Waals surface area contributed by atoms with Crippen LogP contribution in [0.5, 0.6) is 0 Å². The highest BCUT2D eigenvalue weighted by Gasteiger charge is 2.00. The number of rotatable bonds is 4. The largest absolute Gasteiger partial charge is 0.319 e. The predicted octanol–water partition coefficient (Wildman–Crippen LogP) is 2.49. The molecule has 0 unspecified atom stereocenters. The molecule has 0 bridgehead atoms. The van der Waals surface area contributed by atoms with Gasteiger partial charge in [-0.15, -0.1) is 0 Å². The second-order valence-electron chi connectivity index (χ2n) is 3.44. The van der Waals surface area contributed by atoms with E-state index in [-0.39, 0.29) is 0 Å². The minimum atomic E-state index is 0.746. The SMILES string of the molecule is CNCCC=Cc1c(C)cccc1C#N. The molecule has 2 nitrogen and oxygen atoms in total. The Kier molecular flexibility index (Phi) is 4.59. The average molecular weight is 200 g/mol. The number of benzene rings is 1. The number of nitriles is 1. The number of hydrogen-bond donors (Lipinski definition) is 1. The Morgan fingerprint density at radius 1 is 1.47 bits per heavy atom. The van der Waals surface area contributed by atoms with Crippen molar-refractivity contribution in [2.24, 2.45) is 0 Å². The summed E-state index contributed by atoms with van der Waals surface area (Å²) in [4.78, 5) is 0. The molecule has 78 valence electrons. The molecule has 0 aliphatic heterocycles. The van der Waals surface area contributed by atoms with Crippen molar-refractivity contribution in [2.45, 2.75) is 13.3 Å². The average Bonchev–Trinajstić information content (AvgIpc) is 2.26. The first-order valence-electron chi connectivity index (χ1n) is 5.10. The third-order valence-electron chi connectivity index (χ3n) is 2.29. The molecule has 0 atom stereocenters. The van der Waals surface area contributed by atoms with E-state index in [1.165, 1.54) is 0 Å². The molecular formula is C13H16N2. The summed E-state index contributed by atoms with van der Waals surface area (Å²) in [6, 6.07) is 8.00. The quantitative estimate of drug-likeness (QED) is 0.758. The maximum Gasteiger partial charge on any atom is 0.0998 e. The maximum atomic E-state index is 8.95. The molecule has 0 aromatic heterocycles. The van der Waals surface area contributed by atoms with Crippen molar-refractivity contribution in [2.75, 3.05) is 13.6 Å². The van der Waals surface area contributed by atoms with Crippen LogP contribution in [-0.2, 0) is 0 Å². The molecule has 0 saturated carbocycles. The summed E-state index contributed by atoms with van der Waals surface area (Å²) in [6.07, 6.45) is 5.11. The monoisotopic (exact) mass is 200 g/mol. The van der Waals surface area contributed by atoms with Crippen molar-refractivity contribution < 1.29 is 0 Å². The van der Waals surface area contributed by atoms with Crippen LogP contribution >= 0.6 is 0 Å². The van der Waals surface area contributed by atoms with Gasteiger partial charge in [-0.2, -0.15) is 5.26 Å². The molecule has 0 fully saturated rings. The van der Waals surface area contributed by atoms with Gasteiger partial charge in [-0.1, -0.05) is 24.3 Å². The number of nitrogens with zero attached hydrogens (tertiary/aromatic N) is 1. The fourth-order valence-electron chi connectivity index (χ4n) is 1.43.